The number of nitrogens with zero attached hydrogens (tertiary/aromatic N) is 3. The summed E-state index contributed by atoms with van der Waals surface area (Å²) in [5.74, 6) is -0.207. The molecule has 2 aromatic carbocycles. The average Bonchev–Trinajstić information content (AvgIpc) is 2.80. The second-order valence-electron chi connectivity index (χ2n) is 5.15. The molecule has 22 heavy (non-hydrogen) atoms. The molecule has 0 radical (unpaired) electrons. The van der Waals surface area contributed by atoms with Crippen LogP contribution in [0.1, 0.15) is 0 Å². The van der Waals surface area contributed by atoms with Gasteiger partial charge in [-0.1, -0.05) is 36.4 Å². The van der Waals surface area contributed by atoms with Crippen LogP contribution in [0.5, 0.6) is 0 Å². The Morgan fingerprint density at radius 2 is 1.73 bits per heavy atom. The van der Waals surface area contributed by atoms with Gasteiger partial charge in [-0.15, -0.1) is 0 Å². The van der Waals surface area contributed by atoms with Crippen LogP contribution in [0.15, 0.2) is 71.5 Å². The molecule has 0 spiro atoms. The number of hydrogen-bond donors (Lipinski definition) is 1. The van der Waals surface area contributed by atoms with Gasteiger partial charge < -0.3 is 0 Å². The molecule has 0 aliphatic carbocycles. The van der Waals surface area contributed by atoms with Gasteiger partial charge in [-0.25, -0.2) is 4.99 Å². The Bertz CT molecular complexity index is 903. The Morgan fingerprint density at radius 3 is 2.55 bits per heavy atom. The van der Waals surface area contributed by atoms with Crippen molar-refractivity contribution in [1.29, 1.82) is 0 Å². The lowest BCUT2D eigenvalue weighted by atomic mass is 10.2. The summed E-state index contributed by atoms with van der Waals surface area (Å²) in [6.45, 7) is -0.112. The summed E-state index contributed by atoms with van der Waals surface area (Å²) in [6.07, 6.45) is 1.50. The monoisotopic (exact) mass is 291 g/mol. The number of para-hydroxylation sites is 2. The summed E-state index contributed by atoms with van der Waals surface area (Å²) in [7, 11) is 0. The molecule has 4 rings (SSSR count). The third-order valence-corrected chi connectivity index (χ3v) is 3.70. The van der Waals surface area contributed by atoms with Gasteiger partial charge in [0, 0.05) is 10.9 Å². The van der Waals surface area contributed by atoms with Crippen molar-refractivity contribution < 1.29 is 10.0 Å². The second kappa shape index (κ2) is 4.82. The predicted octanol–water partition coefficient (Wildman–Crippen LogP) is 1.01. The van der Waals surface area contributed by atoms with Gasteiger partial charge in [0.25, 0.3) is 5.91 Å². The van der Waals surface area contributed by atoms with E-state index >= 15 is 0 Å². The highest BCUT2D eigenvalue weighted by molar-refractivity contribution is 6.07. The Kier molecular flexibility index (Phi) is 2.80. The van der Waals surface area contributed by atoms with Crippen molar-refractivity contribution in [1.82, 2.24) is 5.06 Å². The summed E-state index contributed by atoms with van der Waals surface area (Å²) in [5, 5.41) is 12.5. The molecule has 2 aromatic rings. The largest absolute Gasteiger partial charge is 0.288 e. The van der Waals surface area contributed by atoms with E-state index in [9.17, 15) is 10.0 Å². The number of amides is 1. The summed E-state index contributed by atoms with van der Waals surface area (Å²) < 4.78 is 0. The van der Waals surface area contributed by atoms with Gasteiger partial charge in [0.1, 0.15) is 12.2 Å². The Balaban J connectivity index is 2.04. The van der Waals surface area contributed by atoms with E-state index in [4.69, 9.17) is 0 Å². The van der Waals surface area contributed by atoms with Gasteiger partial charge in [0.2, 0.25) is 0 Å². The Hall–Kier alpha value is -2.92. The Morgan fingerprint density at radius 1 is 1.00 bits per heavy atom. The zero-order valence-corrected chi connectivity index (χ0v) is 11.7. The van der Waals surface area contributed by atoms with Crippen molar-refractivity contribution in [2.45, 2.75) is 0 Å². The minimum atomic E-state index is -0.207. The normalized spacial score (nSPS) is 16.7. The van der Waals surface area contributed by atoms with Gasteiger partial charge >= 0.3 is 0 Å². The highest BCUT2D eigenvalue weighted by Gasteiger charge is 2.30. The number of hydroxylamine groups is 2. The molecule has 0 atom stereocenters. The van der Waals surface area contributed by atoms with Crippen LogP contribution in [-0.4, -0.2) is 22.7 Å². The van der Waals surface area contributed by atoms with E-state index in [1.54, 1.807) is 4.90 Å². The lowest BCUT2D eigenvalue weighted by molar-refractivity contribution is -0.126. The topological polar surface area (TPSA) is 56.1 Å². The molecule has 0 unspecified atom stereocenters. The summed E-state index contributed by atoms with van der Waals surface area (Å²) in [6, 6.07) is 17.1. The van der Waals surface area contributed by atoms with Gasteiger partial charge in [-0.3, -0.25) is 20.0 Å². The molecule has 0 bridgehead atoms. The van der Waals surface area contributed by atoms with Crippen LogP contribution in [0.4, 0.5) is 5.69 Å². The molecule has 5 nitrogen and oxygen atoms in total. The second-order valence-corrected chi connectivity index (χ2v) is 5.15. The molecule has 2 heterocycles. The van der Waals surface area contributed by atoms with Gasteiger partial charge in [0.15, 0.2) is 0 Å². The van der Waals surface area contributed by atoms with Crippen LogP contribution in [-0.2, 0) is 4.79 Å². The van der Waals surface area contributed by atoms with Crippen LogP contribution in [0.2, 0.25) is 0 Å². The number of hydrogen-bond acceptors (Lipinski definition) is 4. The van der Waals surface area contributed by atoms with Crippen LogP contribution in [0.25, 0.3) is 5.70 Å². The molecule has 1 N–H and O–H groups in total. The molecule has 1 amide bonds. The first-order valence-electron chi connectivity index (χ1n) is 6.98. The molecule has 0 fully saturated rings. The van der Waals surface area contributed by atoms with E-state index in [1.165, 1.54) is 6.20 Å². The van der Waals surface area contributed by atoms with Gasteiger partial charge in [-0.2, -0.15) is 0 Å². The number of benzene rings is 2. The van der Waals surface area contributed by atoms with Gasteiger partial charge in [0.05, 0.1) is 17.3 Å². The number of fused-ring (bicyclic) bond motifs is 2. The minimum absolute atomic E-state index is 0.112. The van der Waals surface area contributed by atoms with Crippen molar-refractivity contribution in [3.05, 3.63) is 77.1 Å². The highest BCUT2D eigenvalue weighted by atomic mass is 16.5. The number of carbonyl (C=O) groups excluding carboxylic acids is 1. The van der Waals surface area contributed by atoms with Crippen molar-refractivity contribution >= 4 is 17.3 Å². The molecule has 2 aliphatic rings. The van der Waals surface area contributed by atoms with Crippen molar-refractivity contribution in [3.63, 3.8) is 0 Å². The fourth-order valence-electron chi connectivity index (χ4n) is 2.79. The quantitative estimate of drug-likeness (QED) is 0.853. The van der Waals surface area contributed by atoms with Gasteiger partial charge in [-0.05, 0) is 18.2 Å². The fourth-order valence-corrected chi connectivity index (χ4v) is 2.79. The molecule has 108 valence electrons. The first-order valence-corrected chi connectivity index (χ1v) is 6.98. The summed E-state index contributed by atoms with van der Waals surface area (Å²) in [5.41, 5.74) is 2.05. The van der Waals surface area contributed by atoms with E-state index in [-0.39, 0.29) is 12.5 Å². The zero-order chi connectivity index (χ0) is 15.1. The maximum atomic E-state index is 12.6. The molecule has 0 saturated carbocycles. The van der Waals surface area contributed by atoms with E-state index in [2.05, 4.69) is 4.99 Å². The van der Waals surface area contributed by atoms with Crippen LogP contribution < -0.4 is 15.5 Å². The van der Waals surface area contributed by atoms with Crippen LogP contribution >= 0.6 is 0 Å². The predicted molar refractivity (Wildman–Crippen MR) is 81.1 cm³/mol. The van der Waals surface area contributed by atoms with Crippen LogP contribution in [0.3, 0.4) is 0 Å². The van der Waals surface area contributed by atoms with E-state index in [0.29, 0.717) is 11.4 Å². The first kappa shape index (κ1) is 12.8. The third-order valence-electron chi connectivity index (χ3n) is 3.70. The van der Waals surface area contributed by atoms with Crippen molar-refractivity contribution in [2.24, 2.45) is 4.99 Å². The zero-order valence-electron chi connectivity index (χ0n) is 11.7. The van der Waals surface area contributed by atoms with Crippen molar-refractivity contribution in [3.8, 4) is 0 Å². The fraction of sp³-hybridized carbons (Fsp3) is 0.0588. The number of anilines is 1. The molecule has 0 saturated heterocycles. The van der Waals surface area contributed by atoms with E-state index in [1.807, 2.05) is 54.6 Å². The molecular weight excluding hydrogens is 278 g/mol. The number of rotatable bonds is 1. The minimum Gasteiger partial charge on any atom is -0.288 e. The first-order chi connectivity index (χ1) is 10.7. The summed E-state index contributed by atoms with van der Waals surface area (Å²) >= 11 is 0. The molecule has 2 aliphatic heterocycles. The maximum absolute atomic E-state index is 12.6. The summed E-state index contributed by atoms with van der Waals surface area (Å²) in [4.78, 5) is 18.8. The average molecular weight is 291 g/mol. The smallest absolute Gasteiger partial charge is 0.253 e. The molecular formula is C17H13N3O2. The number of carbonyl (C=O) groups is 1. The maximum Gasteiger partial charge on any atom is 0.253 e. The lowest BCUT2D eigenvalue weighted by Gasteiger charge is -2.22. The standard InChI is InChI=1S/C17H13N3O2/c21-16-11-19(22)10-15-17(13-8-4-5-9-14(13)18-15)20(16)12-6-2-1-3-7-12/h1-10,22H,11H2. The molecule has 5 heteroatoms. The third kappa shape index (κ3) is 1.91. The SMILES string of the molecule is O=C1CN(O)C=C2N=c3ccccc3=C2N1c1ccccc1. The highest BCUT2D eigenvalue weighted by Crippen LogP contribution is 2.28. The Labute approximate surface area is 126 Å². The van der Waals surface area contributed by atoms with E-state index in [0.717, 1.165) is 21.3 Å². The lowest BCUT2D eigenvalue weighted by Crippen LogP contribution is -2.38. The van der Waals surface area contributed by atoms with Crippen molar-refractivity contribution in [2.75, 3.05) is 11.4 Å². The van der Waals surface area contributed by atoms with E-state index < -0.39 is 0 Å². The molecule has 0 aromatic heterocycles. The van der Waals surface area contributed by atoms with Crippen LogP contribution in [0, 0.1) is 0 Å².